The van der Waals surface area contributed by atoms with Gasteiger partial charge >= 0.3 is 0 Å². The second-order valence-electron chi connectivity index (χ2n) is 4.64. The molecule has 0 saturated heterocycles. The SMILES string of the molecule is CCCCCN=C(NCC)NC(C)C(C)C. The molecule has 0 radical (unpaired) electrons. The largest absolute Gasteiger partial charge is 0.357 e. The third kappa shape index (κ3) is 7.55. The molecule has 0 heterocycles. The molecule has 0 rings (SSSR count). The Bertz CT molecular complexity index is 188. The van der Waals surface area contributed by atoms with Crippen LogP contribution in [0.2, 0.25) is 0 Å². The Morgan fingerprint density at radius 3 is 2.31 bits per heavy atom. The predicted molar refractivity (Wildman–Crippen MR) is 72.9 cm³/mol. The molecule has 0 aliphatic heterocycles. The molecule has 0 saturated carbocycles. The Morgan fingerprint density at radius 2 is 1.81 bits per heavy atom. The minimum absolute atomic E-state index is 0.462. The molecule has 0 amide bonds. The minimum atomic E-state index is 0.462. The van der Waals surface area contributed by atoms with Gasteiger partial charge in [0, 0.05) is 19.1 Å². The maximum Gasteiger partial charge on any atom is 0.191 e. The van der Waals surface area contributed by atoms with Crippen LogP contribution in [0.3, 0.4) is 0 Å². The summed E-state index contributed by atoms with van der Waals surface area (Å²) in [4.78, 5) is 4.57. The Hall–Kier alpha value is -0.730. The molecular weight excluding hydrogens is 198 g/mol. The fraction of sp³-hybridized carbons (Fsp3) is 0.923. The smallest absolute Gasteiger partial charge is 0.191 e. The van der Waals surface area contributed by atoms with Gasteiger partial charge in [0.05, 0.1) is 0 Å². The number of hydrogen-bond acceptors (Lipinski definition) is 1. The van der Waals surface area contributed by atoms with Crippen molar-refractivity contribution in [2.75, 3.05) is 13.1 Å². The lowest BCUT2D eigenvalue weighted by Crippen LogP contribution is -2.44. The lowest BCUT2D eigenvalue weighted by atomic mass is 10.1. The van der Waals surface area contributed by atoms with E-state index in [1.165, 1.54) is 19.3 Å². The van der Waals surface area contributed by atoms with E-state index in [0.717, 1.165) is 19.0 Å². The van der Waals surface area contributed by atoms with Crippen molar-refractivity contribution < 1.29 is 0 Å². The summed E-state index contributed by atoms with van der Waals surface area (Å²) in [6, 6.07) is 0.462. The van der Waals surface area contributed by atoms with Crippen LogP contribution in [0.25, 0.3) is 0 Å². The van der Waals surface area contributed by atoms with Gasteiger partial charge in [-0.05, 0) is 26.2 Å². The van der Waals surface area contributed by atoms with E-state index in [-0.39, 0.29) is 0 Å². The van der Waals surface area contributed by atoms with Crippen molar-refractivity contribution in [1.82, 2.24) is 10.6 Å². The zero-order valence-corrected chi connectivity index (χ0v) is 11.6. The first-order valence-corrected chi connectivity index (χ1v) is 6.66. The molecule has 0 aliphatic rings. The van der Waals surface area contributed by atoms with Crippen LogP contribution in [0.15, 0.2) is 4.99 Å². The van der Waals surface area contributed by atoms with E-state index in [1.54, 1.807) is 0 Å². The maximum absolute atomic E-state index is 4.57. The Labute approximate surface area is 101 Å². The van der Waals surface area contributed by atoms with E-state index in [0.29, 0.717) is 12.0 Å². The fourth-order valence-electron chi connectivity index (χ4n) is 1.26. The monoisotopic (exact) mass is 227 g/mol. The second-order valence-corrected chi connectivity index (χ2v) is 4.64. The topological polar surface area (TPSA) is 36.4 Å². The van der Waals surface area contributed by atoms with Crippen LogP contribution in [0.1, 0.15) is 53.9 Å². The van der Waals surface area contributed by atoms with Crippen molar-refractivity contribution in [3.63, 3.8) is 0 Å². The molecule has 0 aromatic heterocycles. The van der Waals surface area contributed by atoms with E-state index >= 15 is 0 Å². The summed E-state index contributed by atoms with van der Waals surface area (Å²) in [6.07, 6.45) is 3.70. The van der Waals surface area contributed by atoms with Crippen molar-refractivity contribution in [3.05, 3.63) is 0 Å². The molecule has 16 heavy (non-hydrogen) atoms. The van der Waals surface area contributed by atoms with Gasteiger partial charge in [0.15, 0.2) is 5.96 Å². The standard InChI is InChI=1S/C13H29N3/c1-6-8-9-10-15-13(14-7-2)16-12(5)11(3)4/h11-12H,6-10H2,1-5H3,(H2,14,15,16). The summed E-state index contributed by atoms with van der Waals surface area (Å²) in [6.45, 7) is 12.8. The lowest BCUT2D eigenvalue weighted by Gasteiger charge is -2.20. The normalized spacial score (nSPS) is 14.0. The molecule has 2 N–H and O–H groups in total. The first-order valence-electron chi connectivity index (χ1n) is 6.66. The molecule has 3 heteroatoms. The number of rotatable bonds is 7. The molecule has 0 bridgehead atoms. The third-order valence-corrected chi connectivity index (χ3v) is 2.74. The molecule has 96 valence electrons. The van der Waals surface area contributed by atoms with E-state index < -0.39 is 0 Å². The van der Waals surface area contributed by atoms with Gasteiger partial charge in [0.25, 0.3) is 0 Å². The Morgan fingerprint density at radius 1 is 1.12 bits per heavy atom. The molecule has 0 aromatic carbocycles. The number of hydrogen-bond donors (Lipinski definition) is 2. The highest BCUT2D eigenvalue weighted by atomic mass is 15.2. The fourth-order valence-corrected chi connectivity index (χ4v) is 1.26. The number of nitrogens with zero attached hydrogens (tertiary/aromatic N) is 1. The lowest BCUT2D eigenvalue weighted by molar-refractivity contribution is 0.480. The molecule has 3 nitrogen and oxygen atoms in total. The van der Waals surface area contributed by atoms with Crippen molar-refractivity contribution >= 4 is 5.96 Å². The number of unbranched alkanes of at least 4 members (excludes halogenated alkanes) is 2. The molecular formula is C13H29N3. The number of aliphatic imine (C=N–C) groups is 1. The highest BCUT2D eigenvalue weighted by molar-refractivity contribution is 5.80. The van der Waals surface area contributed by atoms with Crippen LogP contribution in [0.4, 0.5) is 0 Å². The Balaban J connectivity index is 4.04. The molecule has 1 unspecified atom stereocenters. The number of guanidine groups is 1. The van der Waals surface area contributed by atoms with E-state index in [9.17, 15) is 0 Å². The summed E-state index contributed by atoms with van der Waals surface area (Å²) >= 11 is 0. The molecule has 0 fully saturated rings. The summed E-state index contributed by atoms with van der Waals surface area (Å²) < 4.78 is 0. The zero-order valence-electron chi connectivity index (χ0n) is 11.6. The van der Waals surface area contributed by atoms with E-state index in [4.69, 9.17) is 0 Å². The summed E-state index contributed by atoms with van der Waals surface area (Å²) in [5.41, 5.74) is 0. The van der Waals surface area contributed by atoms with Gasteiger partial charge < -0.3 is 10.6 Å². The van der Waals surface area contributed by atoms with Crippen LogP contribution < -0.4 is 10.6 Å². The zero-order chi connectivity index (χ0) is 12.4. The van der Waals surface area contributed by atoms with Gasteiger partial charge in [-0.15, -0.1) is 0 Å². The molecule has 1 atom stereocenters. The van der Waals surface area contributed by atoms with Gasteiger partial charge in [-0.3, -0.25) is 4.99 Å². The quantitative estimate of drug-likeness (QED) is 0.398. The predicted octanol–water partition coefficient (Wildman–Crippen LogP) is 2.78. The average Bonchev–Trinajstić information content (AvgIpc) is 2.24. The van der Waals surface area contributed by atoms with E-state index in [2.05, 4.69) is 50.2 Å². The average molecular weight is 227 g/mol. The van der Waals surface area contributed by atoms with Crippen molar-refractivity contribution in [3.8, 4) is 0 Å². The molecule has 0 aliphatic carbocycles. The number of nitrogens with one attached hydrogen (secondary N) is 2. The van der Waals surface area contributed by atoms with Gasteiger partial charge in [-0.25, -0.2) is 0 Å². The summed E-state index contributed by atoms with van der Waals surface area (Å²) in [5.74, 6) is 1.58. The maximum atomic E-state index is 4.57. The van der Waals surface area contributed by atoms with E-state index in [1.807, 2.05) is 0 Å². The van der Waals surface area contributed by atoms with Gasteiger partial charge in [-0.1, -0.05) is 33.6 Å². The second kappa shape index (κ2) is 9.49. The van der Waals surface area contributed by atoms with Crippen LogP contribution in [0.5, 0.6) is 0 Å². The molecule has 0 aromatic rings. The van der Waals surface area contributed by atoms with Crippen molar-refractivity contribution in [1.29, 1.82) is 0 Å². The van der Waals surface area contributed by atoms with Crippen LogP contribution in [-0.4, -0.2) is 25.1 Å². The van der Waals surface area contributed by atoms with Crippen LogP contribution in [0, 0.1) is 5.92 Å². The van der Waals surface area contributed by atoms with Gasteiger partial charge in [-0.2, -0.15) is 0 Å². The van der Waals surface area contributed by atoms with Crippen LogP contribution >= 0.6 is 0 Å². The third-order valence-electron chi connectivity index (χ3n) is 2.74. The summed E-state index contributed by atoms with van der Waals surface area (Å²) in [7, 11) is 0. The van der Waals surface area contributed by atoms with Crippen molar-refractivity contribution in [2.45, 2.75) is 59.9 Å². The highest BCUT2D eigenvalue weighted by Gasteiger charge is 2.08. The van der Waals surface area contributed by atoms with Gasteiger partial charge in [0.2, 0.25) is 0 Å². The van der Waals surface area contributed by atoms with Crippen LogP contribution in [-0.2, 0) is 0 Å². The highest BCUT2D eigenvalue weighted by Crippen LogP contribution is 1.99. The minimum Gasteiger partial charge on any atom is -0.357 e. The first-order chi connectivity index (χ1) is 7.61. The Kier molecular flexibility index (Phi) is 9.06. The summed E-state index contributed by atoms with van der Waals surface area (Å²) in [5, 5.41) is 6.72. The molecule has 0 spiro atoms. The van der Waals surface area contributed by atoms with Crippen molar-refractivity contribution in [2.24, 2.45) is 10.9 Å². The first kappa shape index (κ1) is 15.3. The van der Waals surface area contributed by atoms with Gasteiger partial charge in [0.1, 0.15) is 0 Å².